The molecule has 0 aliphatic carbocycles. The van der Waals surface area contributed by atoms with Gasteiger partial charge < -0.3 is 15.4 Å². The van der Waals surface area contributed by atoms with Gasteiger partial charge in [0.15, 0.2) is 0 Å². The molecule has 2 amide bonds. The molecular weight excluding hydrogens is 392 g/mol. The largest absolute Gasteiger partial charge is 0.376 e. The van der Waals surface area contributed by atoms with Crippen LogP contribution in [0.2, 0.25) is 0 Å². The Hall–Kier alpha value is -3.19. The van der Waals surface area contributed by atoms with E-state index in [-0.39, 0.29) is 17.9 Å². The van der Waals surface area contributed by atoms with Crippen LogP contribution in [-0.4, -0.2) is 37.0 Å². The van der Waals surface area contributed by atoms with Crippen LogP contribution in [0.25, 0.3) is 0 Å². The second-order valence-electron chi connectivity index (χ2n) is 7.67. The van der Waals surface area contributed by atoms with Crippen LogP contribution in [0, 0.1) is 6.92 Å². The summed E-state index contributed by atoms with van der Waals surface area (Å²) < 4.78 is 5.66. The topological polar surface area (TPSA) is 91.8 Å². The van der Waals surface area contributed by atoms with Crippen LogP contribution >= 0.6 is 0 Å². The highest BCUT2D eigenvalue weighted by Crippen LogP contribution is 2.17. The highest BCUT2D eigenvalue weighted by molar-refractivity contribution is 6.10. The molecule has 0 unspecified atom stereocenters. The molecule has 1 heterocycles. The summed E-state index contributed by atoms with van der Waals surface area (Å²) in [6, 6.07) is 13.2. The van der Waals surface area contributed by atoms with Crippen molar-refractivity contribution in [3.8, 4) is 0 Å². The van der Waals surface area contributed by atoms with E-state index in [1.807, 2.05) is 31.2 Å². The maximum absolute atomic E-state index is 12.9. The van der Waals surface area contributed by atoms with E-state index < -0.39 is 0 Å². The van der Waals surface area contributed by atoms with Crippen molar-refractivity contribution in [1.29, 1.82) is 0 Å². The van der Waals surface area contributed by atoms with Crippen molar-refractivity contribution < 1.29 is 14.3 Å². The lowest BCUT2D eigenvalue weighted by Crippen LogP contribution is -2.36. The number of amides is 2. The van der Waals surface area contributed by atoms with E-state index in [2.05, 4.69) is 33.9 Å². The fourth-order valence-electron chi connectivity index (χ4n) is 3.36. The number of anilines is 2. The van der Waals surface area contributed by atoms with E-state index in [1.165, 1.54) is 12.5 Å². The standard InChI is InChI=1S/C24H30N4O3/c1-4-18-7-5-8-20(13-18)27-24(25-15-21-9-6-12-31-21)28-23(30)19-11-10-16(2)22(14-19)26-17(3)29/h5,7-8,10-11,13-14,21H,4,6,9,12,15H2,1-3H3,(H,26,29)(H2,25,27,28,30)/t21-/m1/s1. The lowest BCUT2D eigenvalue weighted by atomic mass is 10.1. The van der Waals surface area contributed by atoms with Crippen molar-refractivity contribution in [1.82, 2.24) is 5.32 Å². The molecule has 0 spiro atoms. The summed E-state index contributed by atoms with van der Waals surface area (Å²) in [6.07, 6.45) is 2.98. The number of nitrogens with one attached hydrogen (secondary N) is 3. The van der Waals surface area contributed by atoms with Crippen LogP contribution < -0.4 is 16.0 Å². The van der Waals surface area contributed by atoms with Crippen molar-refractivity contribution in [3.05, 3.63) is 59.2 Å². The smallest absolute Gasteiger partial charge is 0.258 e. The number of hydrogen-bond acceptors (Lipinski definition) is 4. The Morgan fingerprint density at radius 2 is 2.00 bits per heavy atom. The Balaban J connectivity index is 1.78. The van der Waals surface area contributed by atoms with Crippen molar-refractivity contribution in [3.63, 3.8) is 0 Å². The summed E-state index contributed by atoms with van der Waals surface area (Å²) in [5.74, 6) is -0.121. The number of ether oxygens (including phenoxy) is 1. The molecule has 7 nitrogen and oxygen atoms in total. The Kier molecular flexibility index (Phi) is 7.78. The molecule has 2 aromatic rings. The minimum atomic E-state index is -0.308. The molecule has 2 aromatic carbocycles. The summed E-state index contributed by atoms with van der Waals surface area (Å²) in [4.78, 5) is 29.0. The van der Waals surface area contributed by atoms with Crippen molar-refractivity contribution in [2.45, 2.75) is 46.1 Å². The number of aryl methyl sites for hydroxylation is 2. The van der Waals surface area contributed by atoms with Gasteiger partial charge in [0.2, 0.25) is 11.9 Å². The third kappa shape index (κ3) is 6.65. The van der Waals surface area contributed by atoms with Crippen molar-refractivity contribution in [2.24, 2.45) is 4.99 Å². The predicted molar refractivity (Wildman–Crippen MR) is 124 cm³/mol. The van der Waals surface area contributed by atoms with E-state index in [9.17, 15) is 9.59 Å². The maximum Gasteiger partial charge on any atom is 0.258 e. The van der Waals surface area contributed by atoms with Crippen LogP contribution in [0.15, 0.2) is 47.5 Å². The molecule has 0 saturated carbocycles. The molecule has 1 atom stereocenters. The van der Waals surface area contributed by atoms with E-state index in [1.54, 1.807) is 12.1 Å². The van der Waals surface area contributed by atoms with Gasteiger partial charge in [-0.25, -0.2) is 4.99 Å². The molecule has 7 heteroatoms. The van der Waals surface area contributed by atoms with Gasteiger partial charge in [0.05, 0.1) is 12.6 Å². The lowest BCUT2D eigenvalue weighted by Gasteiger charge is -2.15. The first kappa shape index (κ1) is 22.5. The number of hydrogen-bond donors (Lipinski definition) is 3. The first-order valence-electron chi connectivity index (χ1n) is 10.7. The van der Waals surface area contributed by atoms with Gasteiger partial charge in [-0.05, 0) is 61.6 Å². The average molecular weight is 423 g/mol. The van der Waals surface area contributed by atoms with E-state index in [0.717, 1.165) is 37.1 Å². The fourth-order valence-corrected chi connectivity index (χ4v) is 3.36. The molecule has 31 heavy (non-hydrogen) atoms. The minimum Gasteiger partial charge on any atom is -0.376 e. The molecule has 0 radical (unpaired) electrons. The zero-order valence-electron chi connectivity index (χ0n) is 18.3. The molecule has 3 N–H and O–H groups in total. The Bertz CT molecular complexity index is 965. The normalized spacial score (nSPS) is 16.1. The van der Waals surface area contributed by atoms with Crippen LogP contribution in [-0.2, 0) is 16.0 Å². The Labute approximate surface area is 183 Å². The number of guanidine groups is 1. The third-order valence-corrected chi connectivity index (χ3v) is 5.12. The molecule has 1 aliphatic rings. The van der Waals surface area contributed by atoms with Gasteiger partial charge in [-0.2, -0.15) is 0 Å². The first-order valence-corrected chi connectivity index (χ1v) is 10.7. The summed E-state index contributed by atoms with van der Waals surface area (Å²) in [6.45, 7) is 6.64. The van der Waals surface area contributed by atoms with Gasteiger partial charge in [0.1, 0.15) is 0 Å². The quantitative estimate of drug-likeness (QED) is 0.486. The van der Waals surface area contributed by atoms with Gasteiger partial charge in [-0.15, -0.1) is 0 Å². The molecule has 0 aromatic heterocycles. The minimum absolute atomic E-state index is 0.0708. The molecule has 0 bridgehead atoms. The van der Waals surface area contributed by atoms with Crippen LogP contribution in [0.5, 0.6) is 0 Å². The van der Waals surface area contributed by atoms with Crippen molar-refractivity contribution in [2.75, 3.05) is 23.8 Å². The molecule has 1 saturated heterocycles. The lowest BCUT2D eigenvalue weighted by molar-refractivity contribution is -0.114. The van der Waals surface area contributed by atoms with Crippen molar-refractivity contribution >= 4 is 29.1 Å². The highest BCUT2D eigenvalue weighted by Gasteiger charge is 2.16. The molecule has 1 fully saturated rings. The molecule has 3 rings (SSSR count). The van der Waals surface area contributed by atoms with E-state index >= 15 is 0 Å². The van der Waals surface area contributed by atoms with Gasteiger partial charge >= 0.3 is 0 Å². The van der Waals surface area contributed by atoms with Gasteiger partial charge in [0.25, 0.3) is 5.91 Å². The van der Waals surface area contributed by atoms with Gasteiger partial charge in [0, 0.05) is 30.5 Å². The third-order valence-electron chi connectivity index (χ3n) is 5.12. The number of nitrogens with zero attached hydrogens (tertiary/aromatic N) is 1. The van der Waals surface area contributed by atoms with Crippen LogP contribution in [0.1, 0.15) is 48.2 Å². The van der Waals surface area contributed by atoms with E-state index in [0.29, 0.717) is 23.8 Å². The van der Waals surface area contributed by atoms with E-state index in [4.69, 9.17) is 4.74 Å². The fraction of sp³-hybridized carbons (Fsp3) is 0.375. The predicted octanol–water partition coefficient (Wildman–Crippen LogP) is 3.89. The summed E-state index contributed by atoms with van der Waals surface area (Å²) in [7, 11) is 0. The molecule has 1 aliphatic heterocycles. The SMILES string of the molecule is CCc1cccc(NC(=NC[C@H]2CCCO2)NC(=O)c2ccc(C)c(NC(C)=O)c2)c1. The van der Waals surface area contributed by atoms with Gasteiger partial charge in [-0.1, -0.05) is 25.1 Å². The summed E-state index contributed by atoms with van der Waals surface area (Å²) >= 11 is 0. The van der Waals surface area contributed by atoms with Crippen LogP contribution in [0.4, 0.5) is 11.4 Å². The second kappa shape index (κ2) is 10.7. The number of carbonyl (C=O) groups is 2. The highest BCUT2D eigenvalue weighted by atomic mass is 16.5. The number of rotatable bonds is 6. The number of benzene rings is 2. The summed E-state index contributed by atoms with van der Waals surface area (Å²) in [5.41, 5.74) is 3.97. The monoisotopic (exact) mass is 422 g/mol. The second-order valence-corrected chi connectivity index (χ2v) is 7.67. The first-order chi connectivity index (χ1) is 14.9. The Morgan fingerprint density at radius 1 is 1.16 bits per heavy atom. The van der Waals surface area contributed by atoms with Crippen LogP contribution in [0.3, 0.4) is 0 Å². The average Bonchev–Trinajstić information content (AvgIpc) is 3.27. The Morgan fingerprint density at radius 3 is 2.71 bits per heavy atom. The zero-order chi connectivity index (χ0) is 22.2. The number of carbonyl (C=O) groups excluding carboxylic acids is 2. The maximum atomic E-state index is 12.9. The summed E-state index contributed by atoms with van der Waals surface area (Å²) in [5, 5.41) is 8.86. The zero-order valence-corrected chi connectivity index (χ0v) is 18.3. The molecule has 164 valence electrons. The van der Waals surface area contributed by atoms with Gasteiger partial charge in [-0.3, -0.25) is 14.9 Å². The number of aliphatic imine (C=N–C) groups is 1. The molecular formula is C24H30N4O3.